The third-order valence-electron chi connectivity index (χ3n) is 4.40. The Bertz CT molecular complexity index is 732. The van der Waals surface area contributed by atoms with Crippen LogP contribution in [0, 0.1) is 5.92 Å². The standard InChI is InChI=1S/C21H20O2S/c22-14-18-8-6-16(7-9-18)10-11-19-13-21(23)24-15-20(19)12-17-4-2-1-3-5-17/h1-9,13-14,20H,10-12,15H2/t20-/m1/s1. The highest BCUT2D eigenvalue weighted by Crippen LogP contribution is 2.30. The van der Waals surface area contributed by atoms with E-state index in [2.05, 4.69) is 24.3 Å². The minimum Gasteiger partial charge on any atom is -0.298 e. The lowest BCUT2D eigenvalue weighted by molar-refractivity contribution is -0.107. The van der Waals surface area contributed by atoms with Crippen LogP contribution in [0.1, 0.15) is 27.9 Å². The monoisotopic (exact) mass is 336 g/mol. The normalized spacial score (nSPS) is 17.4. The Balaban J connectivity index is 1.67. The van der Waals surface area contributed by atoms with Gasteiger partial charge in [0.05, 0.1) is 0 Å². The molecule has 0 radical (unpaired) electrons. The van der Waals surface area contributed by atoms with Crippen LogP contribution in [0.4, 0.5) is 0 Å². The Morgan fingerprint density at radius 1 is 0.958 bits per heavy atom. The maximum absolute atomic E-state index is 11.8. The van der Waals surface area contributed by atoms with Crippen molar-refractivity contribution in [3.05, 3.63) is 82.9 Å². The summed E-state index contributed by atoms with van der Waals surface area (Å²) in [6.07, 6.45) is 5.47. The van der Waals surface area contributed by atoms with Crippen LogP contribution < -0.4 is 0 Å². The van der Waals surface area contributed by atoms with Crippen LogP contribution in [0.25, 0.3) is 0 Å². The molecular weight excluding hydrogens is 316 g/mol. The summed E-state index contributed by atoms with van der Waals surface area (Å²) < 4.78 is 0. The number of aldehydes is 1. The molecule has 3 rings (SSSR count). The maximum Gasteiger partial charge on any atom is 0.212 e. The quantitative estimate of drug-likeness (QED) is 0.729. The van der Waals surface area contributed by atoms with E-state index in [1.165, 1.54) is 28.5 Å². The summed E-state index contributed by atoms with van der Waals surface area (Å²) in [6, 6.07) is 18.1. The molecule has 3 heteroatoms. The molecule has 0 unspecified atom stereocenters. The van der Waals surface area contributed by atoms with Crippen molar-refractivity contribution in [2.75, 3.05) is 5.75 Å². The summed E-state index contributed by atoms with van der Waals surface area (Å²) in [5.41, 5.74) is 4.47. The molecule has 0 amide bonds. The zero-order valence-corrected chi connectivity index (χ0v) is 14.3. The lowest BCUT2D eigenvalue weighted by atomic mass is 9.89. The van der Waals surface area contributed by atoms with Crippen LogP contribution >= 0.6 is 11.8 Å². The van der Waals surface area contributed by atoms with Crippen LogP contribution in [0.3, 0.4) is 0 Å². The van der Waals surface area contributed by atoms with Crippen molar-refractivity contribution in [3.8, 4) is 0 Å². The van der Waals surface area contributed by atoms with Gasteiger partial charge in [0.15, 0.2) is 0 Å². The van der Waals surface area contributed by atoms with Crippen LogP contribution in [0.15, 0.2) is 66.2 Å². The first-order valence-electron chi connectivity index (χ1n) is 8.20. The molecule has 0 fully saturated rings. The van der Waals surface area contributed by atoms with Gasteiger partial charge in [-0.2, -0.15) is 0 Å². The van der Waals surface area contributed by atoms with Gasteiger partial charge in [-0.1, -0.05) is 71.9 Å². The van der Waals surface area contributed by atoms with Crippen LogP contribution in [-0.2, 0) is 17.6 Å². The Morgan fingerprint density at radius 2 is 1.71 bits per heavy atom. The average Bonchev–Trinajstić information content (AvgIpc) is 2.63. The highest BCUT2D eigenvalue weighted by atomic mass is 32.2. The van der Waals surface area contributed by atoms with Crippen molar-refractivity contribution >= 4 is 23.2 Å². The van der Waals surface area contributed by atoms with E-state index in [-0.39, 0.29) is 5.12 Å². The first-order chi connectivity index (χ1) is 11.7. The fourth-order valence-corrected chi connectivity index (χ4v) is 3.95. The number of thioether (sulfide) groups is 1. The van der Waals surface area contributed by atoms with E-state index in [4.69, 9.17) is 0 Å². The number of rotatable bonds is 6. The van der Waals surface area contributed by atoms with Gasteiger partial charge in [-0.3, -0.25) is 9.59 Å². The fourth-order valence-electron chi connectivity index (χ4n) is 3.02. The molecule has 1 heterocycles. The molecule has 1 atom stereocenters. The van der Waals surface area contributed by atoms with Crippen molar-refractivity contribution in [1.29, 1.82) is 0 Å². The number of hydrogen-bond donors (Lipinski definition) is 0. The average molecular weight is 336 g/mol. The zero-order chi connectivity index (χ0) is 16.8. The van der Waals surface area contributed by atoms with Gasteiger partial charge in [0, 0.05) is 11.3 Å². The Kier molecular flexibility index (Phi) is 5.65. The third-order valence-corrected chi connectivity index (χ3v) is 5.37. The highest BCUT2D eigenvalue weighted by Gasteiger charge is 2.22. The Morgan fingerprint density at radius 3 is 2.42 bits per heavy atom. The molecule has 122 valence electrons. The van der Waals surface area contributed by atoms with Crippen molar-refractivity contribution in [3.63, 3.8) is 0 Å². The predicted molar refractivity (Wildman–Crippen MR) is 99.3 cm³/mol. The Hall–Kier alpha value is -2.13. The number of benzene rings is 2. The van der Waals surface area contributed by atoms with E-state index in [9.17, 15) is 9.59 Å². The molecule has 0 saturated carbocycles. The van der Waals surface area contributed by atoms with E-state index >= 15 is 0 Å². The van der Waals surface area contributed by atoms with Crippen molar-refractivity contribution in [1.82, 2.24) is 0 Å². The summed E-state index contributed by atoms with van der Waals surface area (Å²) >= 11 is 1.42. The van der Waals surface area contributed by atoms with Gasteiger partial charge in [-0.25, -0.2) is 0 Å². The molecule has 24 heavy (non-hydrogen) atoms. The summed E-state index contributed by atoms with van der Waals surface area (Å²) in [4.78, 5) is 22.5. The topological polar surface area (TPSA) is 34.1 Å². The van der Waals surface area contributed by atoms with Gasteiger partial charge < -0.3 is 0 Å². The molecule has 0 aromatic heterocycles. The lowest BCUT2D eigenvalue weighted by Crippen LogP contribution is -2.18. The molecule has 0 spiro atoms. The number of carbonyl (C=O) groups is 2. The number of carbonyl (C=O) groups excluding carboxylic acids is 2. The molecular formula is C21H20O2S. The Labute approximate surface area is 147 Å². The lowest BCUT2D eigenvalue weighted by Gasteiger charge is -2.23. The highest BCUT2D eigenvalue weighted by molar-refractivity contribution is 8.14. The second kappa shape index (κ2) is 8.11. The first kappa shape index (κ1) is 16.7. The van der Waals surface area contributed by atoms with Gasteiger partial charge in [0.2, 0.25) is 5.12 Å². The summed E-state index contributed by atoms with van der Waals surface area (Å²) in [6.45, 7) is 0. The van der Waals surface area contributed by atoms with Gasteiger partial charge in [0.1, 0.15) is 6.29 Å². The predicted octanol–water partition coefficient (Wildman–Crippen LogP) is 4.49. The maximum atomic E-state index is 11.8. The molecule has 1 aliphatic heterocycles. The van der Waals surface area contributed by atoms with Gasteiger partial charge in [-0.05, 0) is 42.4 Å². The summed E-state index contributed by atoms with van der Waals surface area (Å²) in [5, 5.41) is 0.172. The molecule has 2 nitrogen and oxygen atoms in total. The van der Waals surface area contributed by atoms with Gasteiger partial charge >= 0.3 is 0 Å². The van der Waals surface area contributed by atoms with Crippen LogP contribution in [0.2, 0.25) is 0 Å². The second-order valence-corrected chi connectivity index (χ2v) is 7.12. The van der Waals surface area contributed by atoms with E-state index in [0.29, 0.717) is 11.5 Å². The smallest absolute Gasteiger partial charge is 0.212 e. The van der Waals surface area contributed by atoms with Gasteiger partial charge in [-0.15, -0.1) is 0 Å². The molecule has 2 aromatic carbocycles. The molecule has 0 aliphatic carbocycles. The van der Waals surface area contributed by atoms with Crippen molar-refractivity contribution < 1.29 is 9.59 Å². The van der Waals surface area contributed by atoms with E-state index in [1.807, 2.05) is 36.4 Å². The molecule has 0 saturated heterocycles. The molecule has 0 N–H and O–H groups in total. The number of allylic oxidation sites excluding steroid dienone is 1. The largest absolute Gasteiger partial charge is 0.298 e. The van der Waals surface area contributed by atoms with E-state index in [1.54, 1.807) is 0 Å². The number of aryl methyl sites for hydroxylation is 1. The minimum absolute atomic E-state index is 0.172. The van der Waals surface area contributed by atoms with Crippen LogP contribution in [0.5, 0.6) is 0 Å². The van der Waals surface area contributed by atoms with Gasteiger partial charge in [0.25, 0.3) is 0 Å². The molecule has 1 aliphatic rings. The van der Waals surface area contributed by atoms with Crippen molar-refractivity contribution in [2.45, 2.75) is 19.3 Å². The zero-order valence-electron chi connectivity index (χ0n) is 13.5. The first-order valence-corrected chi connectivity index (χ1v) is 9.18. The fraction of sp³-hybridized carbons (Fsp3) is 0.238. The summed E-state index contributed by atoms with van der Waals surface area (Å²) in [7, 11) is 0. The van der Waals surface area contributed by atoms with Crippen molar-refractivity contribution in [2.24, 2.45) is 5.92 Å². The summed E-state index contributed by atoms with van der Waals surface area (Å²) in [5.74, 6) is 1.29. The second-order valence-electron chi connectivity index (χ2n) is 6.10. The molecule has 0 bridgehead atoms. The molecule has 2 aromatic rings. The third kappa shape index (κ3) is 4.45. The minimum atomic E-state index is 0.172. The number of hydrogen-bond acceptors (Lipinski definition) is 3. The van der Waals surface area contributed by atoms with E-state index in [0.717, 1.165) is 31.3 Å². The van der Waals surface area contributed by atoms with Crippen LogP contribution in [-0.4, -0.2) is 17.2 Å². The SMILES string of the molecule is O=Cc1ccc(CCC2=CC(=O)SC[C@H]2Cc2ccccc2)cc1. The van der Waals surface area contributed by atoms with E-state index < -0.39 is 0 Å².